The van der Waals surface area contributed by atoms with E-state index in [4.69, 9.17) is 14.9 Å². The number of hydrogen-bond donors (Lipinski definition) is 2. The fourth-order valence-electron chi connectivity index (χ4n) is 0.649. The van der Waals surface area contributed by atoms with Gasteiger partial charge in [0.1, 0.15) is 0 Å². The molecular formula is C15H28O3. The number of rotatable bonds is 6. The molecule has 18 heavy (non-hydrogen) atoms. The molecule has 0 aliphatic carbocycles. The molecular weight excluding hydrogens is 228 g/mol. The zero-order valence-electron chi connectivity index (χ0n) is 12.1. The van der Waals surface area contributed by atoms with Crippen molar-refractivity contribution in [2.45, 2.75) is 39.7 Å². The highest BCUT2D eigenvalue weighted by atomic mass is 16.5. The molecule has 1 unspecified atom stereocenters. The molecule has 0 aliphatic rings. The van der Waals surface area contributed by atoms with Gasteiger partial charge in [0.15, 0.2) is 0 Å². The van der Waals surface area contributed by atoms with Crippen molar-refractivity contribution in [1.29, 1.82) is 0 Å². The van der Waals surface area contributed by atoms with Gasteiger partial charge < -0.3 is 14.9 Å². The van der Waals surface area contributed by atoms with E-state index in [-0.39, 0.29) is 12.7 Å². The molecule has 0 saturated heterocycles. The number of ether oxygens (including phenoxy) is 1. The maximum Gasteiger partial charge on any atom is 0.0534 e. The van der Waals surface area contributed by atoms with Crippen LogP contribution >= 0.6 is 0 Å². The second-order valence-electron chi connectivity index (χ2n) is 3.39. The summed E-state index contributed by atoms with van der Waals surface area (Å²) in [4.78, 5) is 0. The van der Waals surface area contributed by atoms with Crippen molar-refractivity contribution in [2.24, 2.45) is 0 Å². The lowest BCUT2D eigenvalue weighted by molar-refractivity contribution is 0.121. The molecule has 0 saturated carbocycles. The lowest BCUT2D eigenvalue weighted by atomic mass is 10.3. The molecule has 0 aromatic rings. The van der Waals surface area contributed by atoms with Crippen LogP contribution in [-0.4, -0.2) is 36.6 Å². The zero-order chi connectivity index (χ0) is 14.6. The average Bonchev–Trinajstić information content (AvgIpc) is 2.34. The van der Waals surface area contributed by atoms with Gasteiger partial charge in [-0.15, -0.1) is 12.3 Å². The van der Waals surface area contributed by atoms with Crippen molar-refractivity contribution >= 4 is 0 Å². The van der Waals surface area contributed by atoms with Crippen molar-refractivity contribution in [1.82, 2.24) is 0 Å². The summed E-state index contributed by atoms with van der Waals surface area (Å²) in [6, 6.07) is 0. The van der Waals surface area contributed by atoms with Crippen LogP contribution in [0.2, 0.25) is 0 Å². The summed E-state index contributed by atoms with van der Waals surface area (Å²) >= 11 is 0. The molecule has 0 spiro atoms. The van der Waals surface area contributed by atoms with E-state index in [0.717, 1.165) is 12.8 Å². The van der Waals surface area contributed by atoms with E-state index in [0.29, 0.717) is 6.61 Å². The highest BCUT2D eigenvalue weighted by molar-refractivity contribution is 5.00. The number of aliphatic hydroxyl groups excluding tert-OH is 2. The first-order chi connectivity index (χ1) is 8.60. The summed E-state index contributed by atoms with van der Waals surface area (Å²) in [5, 5.41) is 16.9. The number of hydrogen-bond acceptors (Lipinski definition) is 3. The first-order valence-electron chi connectivity index (χ1n) is 6.03. The maximum atomic E-state index is 8.60. The average molecular weight is 256 g/mol. The Morgan fingerprint density at radius 1 is 1.39 bits per heavy atom. The largest absolute Gasteiger partial charge is 0.396 e. The molecule has 0 rings (SSSR count). The van der Waals surface area contributed by atoms with Crippen LogP contribution in [-0.2, 0) is 4.74 Å². The maximum absolute atomic E-state index is 8.60. The third-order valence-corrected chi connectivity index (χ3v) is 1.48. The van der Waals surface area contributed by atoms with E-state index in [2.05, 4.69) is 12.3 Å². The molecule has 0 aliphatic heterocycles. The summed E-state index contributed by atoms with van der Waals surface area (Å²) in [5.41, 5.74) is 0. The molecule has 0 radical (unpaired) electrons. The molecule has 0 bridgehead atoms. The van der Waals surface area contributed by atoms with E-state index in [1.165, 1.54) is 0 Å². The van der Waals surface area contributed by atoms with Gasteiger partial charge in [0.2, 0.25) is 0 Å². The van der Waals surface area contributed by atoms with Crippen LogP contribution in [0, 0.1) is 12.3 Å². The molecule has 1 atom stereocenters. The Morgan fingerprint density at radius 2 is 1.94 bits per heavy atom. The van der Waals surface area contributed by atoms with Gasteiger partial charge in [0.25, 0.3) is 0 Å². The minimum atomic E-state index is -0.222. The van der Waals surface area contributed by atoms with Crippen LogP contribution in [0.1, 0.15) is 33.6 Å². The summed E-state index contributed by atoms with van der Waals surface area (Å²) in [7, 11) is 1.63. The Bertz CT molecular complexity index is 212. The fourth-order valence-corrected chi connectivity index (χ4v) is 0.649. The Kier molecular flexibility index (Phi) is 30.7. The van der Waals surface area contributed by atoms with Crippen molar-refractivity contribution in [3.05, 3.63) is 24.3 Å². The van der Waals surface area contributed by atoms with Crippen LogP contribution in [0.25, 0.3) is 0 Å². The SMILES string of the molecule is C#CC.C/C=C\C=C/CCO.COCCC(C)O. The molecule has 0 heterocycles. The molecule has 3 nitrogen and oxygen atoms in total. The quantitative estimate of drug-likeness (QED) is 0.567. The third kappa shape index (κ3) is 46.1. The van der Waals surface area contributed by atoms with Crippen molar-refractivity contribution < 1.29 is 14.9 Å². The van der Waals surface area contributed by atoms with Crippen LogP contribution in [0.3, 0.4) is 0 Å². The first kappa shape index (κ1) is 22.1. The highest BCUT2D eigenvalue weighted by Crippen LogP contribution is 1.86. The van der Waals surface area contributed by atoms with Gasteiger partial charge >= 0.3 is 0 Å². The monoisotopic (exact) mass is 256 g/mol. The first-order valence-corrected chi connectivity index (χ1v) is 6.03. The van der Waals surface area contributed by atoms with Gasteiger partial charge in [-0.05, 0) is 33.6 Å². The highest BCUT2D eigenvalue weighted by Gasteiger charge is 1.90. The second kappa shape index (κ2) is 24.9. The molecule has 0 aromatic carbocycles. The standard InChI is InChI=1S/C7H12O.C5H12O2.C3H4/c1-2-3-4-5-6-7-8;1-5(6)3-4-7-2;1-3-2/h2-5,8H,6-7H2,1H3;5-6H,3-4H2,1-2H3;1H,2H3/b3-2-,5-4-;;. The molecule has 3 heteroatoms. The van der Waals surface area contributed by atoms with Crippen molar-refractivity contribution in [3.63, 3.8) is 0 Å². The number of allylic oxidation sites excluding steroid dienone is 3. The van der Waals surface area contributed by atoms with E-state index >= 15 is 0 Å². The molecule has 2 N–H and O–H groups in total. The number of methoxy groups -OCH3 is 1. The predicted octanol–water partition coefficient (Wildman–Crippen LogP) is 2.54. The summed E-state index contributed by atoms with van der Waals surface area (Å²) in [5.74, 6) is 2.25. The van der Waals surface area contributed by atoms with Gasteiger partial charge in [0.05, 0.1) is 6.10 Å². The smallest absolute Gasteiger partial charge is 0.0534 e. The van der Waals surface area contributed by atoms with Gasteiger partial charge in [0, 0.05) is 20.3 Å². The molecule has 0 aromatic heterocycles. The summed E-state index contributed by atoms with van der Waals surface area (Å²) in [6.45, 7) is 6.26. The van der Waals surface area contributed by atoms with E-state index in [9.17, 15) is 0 Å². The minimum Gasteiger partial charge on any atom is -0.396 e. The van der Waals surface area contributed by atoms with Gasteiger partial charge in [-0.1, -0.05) is 24.3 Å². The number of terminal acetylenes is 1. The molecule has 0 fully saturated rings. The normalized spacial score (nSPS) is 11.2. The van der Waals surface area contributed by atoms with Crippen LogP contribution in [0.5, 0.6) is 0 Å². The van der Waals surface area contributed by atoms with E-state index < -0.39 is 0 Å². The van der Waals surface area contributed by atoms with Gasteiger partial charge in [-0.25, -0.2) is 0 Å². The Balaban J connectivity index is -0.000000207. The van der Waals surface area contributed by atoms with Crippen LogP contribution < -0.4 is 0 Å². The Hall–Kier alpha value is -1.08. The topological polar surface area (TPSA) is 49.7 Å². The zero-order valence-corrected chi connectivity index (χ0v) is 12.1. The lowest BCUT2D eigenvalue weighted by Gasteiger charge is -1.99. The van der Waals surface area contributed by atoms with E-state index in [1.807, 2.05) is 31.2 Å². The van der Waals surface area contributed by atoms with Crippen molar-refractivity contribution in [3.8, 4) is 12.3 Å². The number of aliphatic hydroxyl groups is 2. The van der Waals surface area contributed by atoms with Crippen LogP contribution in [0.15, 0.2) is 24.3 Å². The van der Waals surface area contributed by atoms with E-state index in [1.54, 1.807) is 21.0 Å². The Morgan fingerprint density at radius 3 is 2.22 bits per heavy atom. The molecule has 0 amide bonds. The fraction of sp³-hybridized carbons (Fsp3) is 0.600. The van der Waals surface area contributed by atoms with Crippen molar-refractivity contribution in [2.75, 3.05) is 20.3 Å². The van der Waals surface area contributed by atoms with Crippen LogP contribution in [0.4, 0.5) is 0 Å². The Labute approximate surface area is 112 Å². The van der Waals surface area contributed by atoms with Gasteiger partial charge in [-0.2, -0.15) is 0 Å². The predicted molar refractivity (Wildman–Crippen MR) is 78.3 cm³/mol. The molecule has 106 valence electrons. The summed E-state index contributed by atoms with van der Waals surface area (Å²) < 4.78 is 4.69. The third-order valence-electron chi connectivity index (χ3n) is 1.48. The second-order valence-corrected chi connectivity index (χ2v) is 3.39. The van der Waals surface area contributed by atoms with Gasteiger partial charge in [-0.3, -0.25) is 0 Å². The minimum absolute atomic E-state index is 0.222. The lowest BCUT2D eigenvalue weighted by Crippen LogP contribution is -2.03. The summed E-state index contributed by atoms with van der Waals surface area (Å²) in [6.07, 6.45) is 13.6.